The Morgan fingerprint density at radius 3 is 2.65 bits per heavy atom. The van der Waals surface area contributed by atoms with Crippen molar-refractivity contribution < 1.29 is 4.79 Å². The summed E-state index contributed by atoms with van der Waals surface area (Å²) in [5, 5.41) is 13.0. The molecule has 3 aromatic rings. The number of fused-ring (bicyclic) bond motifs is 1. The lowest BCUT2D eigenvalue weighted by atomic mass is 10.1. The van der Waals surface area contributed by atoms with Crippen LogP contribution in [0, 0.1) is 11.3 Å². The third kappa shape index (κ3) is 3.33. The van der Waals surface area contributed by atoms with Crippen LogP contribution in [0.5, 0.6) is 0 Å². The highest BCUT2D eigenvalue weighted by Gasteiger charge is 2.11. The largest absolute Gasteiger partial charge is 0.361 e. The van der Waals surface area contributed by atoms with Crippen LogP contribution in [0.2, 0.25) is 0 Å². The summed E-state index contributed by atoms with van der Waals surface area (Å²) in [6.45, 7) is 0. The van der Waals surface area contributed by atoms with Gasteiger partial charge in [-0.25, -0.2) is 0 Å². The number of halogens is 1. The predicted octanol–water partition coefficient (Wildman–Crippen LogP) is 4.48. The molecule has 2 N–H and O–H groups in total. The van der Waals surface area contributed by atoms with E-state index in [1.165, 1.54) is 0 Å². The number of hydrogen-bond acceptors (Lipinski definition) is 2. The molecule has 3 rings (SSSR count). The molecule has 0 unspecified atom stereocenters. The van der Waals surface area contributed by atoms with Gasteiger partial charge in [0, 0.05) is 32.8 Å². The van der Waals surface area contributed by atoms with Crippen molar-refractivity contribution in [3.63, 3.8) is 0 Å². The fourth-order valence-electron chi connectivity index (χ4n) is 2.25. The number of para-hydroxylation sites is 1. The van der Waals surface area contributed by atoms with E-state index in [0.29, 0.717) is 5.69 Å². The Balaban J connectivity index is 1.88. The van der Waals surface area contributed by atoms with Gasteiger partial charge in [0.15, 0.2) is 0 Å². The number of nitrogens with one attached hydrogen (secondary N) is 2. The molecule has 4 nitrogen and oxygen atoms in total. The maximum Gasteiger partial charge on any atom is 0.266 e. The first-order valence-corrected chi connectivity index (χ1v) is 7.71. The van der Waals surface area contributed by atoms with Crippen molar-refractivity contribution in [1.82, 2.24) is 4.98 Å². The lowest BCUT2D eigenvalue weighted by Crippen LogP contribution is -2.13. The maximum atomic E-state index is 12.3. The highest BCUT2D eigenvalue weighted by atomic mass is 79.9. The molecule has 0 aliphatic heterocycles. The van der Waals surface area contributed by atoms with Crippen molar-refractivity contribution in [2.45, 2.75) is 0 Å². The molecule has 0 aliphatic carbocycles. The average molecular weight is 366 g/mol. The van der Waals surface area contributed by atoms with Gasteiger partial charge in [0.1, 0.15) is 11.6 Å². The summed E-state index contributed by atoms with van der Waals surface area (Å²) in [5.41, 5.74) is 2.46. The van der Waals surface area contributed by atoms with Crippen molar-refractivity contribution in [2.24, 2.45) is 0 Å². The minimum atomic E-state index is -0.430. The quantitative estimate of drug-likeness (QED) is 0.530. The standard InChI is InChI=1S/C18H12BrN3O/c19-14-5-7-15(8-6-14)22-18(23)12(10-20)9-13-11-21-17-4-2-1-3-16(13)17/h1-9,11,21H,(H,22,23)/b12-9+. The van der Waals surface area contributed by atoms with Crippen LogP contribution in [0.15, 0.2) is 64.8 Å². The van der Waals surface area contributed by atoms with Gasteiger partial charge in [0.2, 0.25) is 0 Å². The van der Waals surface area contributed by atoms with E-state index in [1.807, 2.05) is 42.5 Å². The topological polar surface area (TPSA) is 68.7 Å². The molecular formula is C18H12BrN3O. The monoisotopic (exact) mass is 365 g/mol. The minimum Gasteiger partial charge on any atom is -0.361 e. The number of hydrogen-bond donors (Lipinski definition) is 2. The lowest BCUT2D eigenvalue weighted by molar-refractivity contribution is -0.112. The van der Waals surface area contributed by atoms with Gasteiger partial charge in [0.25, 0.3) is 5.91 Å². The summed E-state index contributed by atoms with van der Waals surface area (Å²) in [7, 11) is 0. The molecule has 0 bridgehead atoms. The van der Waals surface area contributed by atoms with E-state index in [1.54, 1.807) is 24.4 Å². The Hall–Kier alpha value is -2.84. The van der Waals surface area contributed by atoms with Crippen LogP contribution in [0.1, 0.15) is 5.56 Å². The summed E-state index contributed by atoms with van der Waals surface area (Å²) < 4.78 is 0.922. The predicted molar refractivity (Wildman–Crippen MR) is 94.7 cm³/mol. The summed E-state index contributed by atoms with van der Waals surface area (Å²) >= 11 is 3.34. The molecule has 1 amide bonds. The normalized spacial score (nSPS) is 11.2. The Kier molecular flexibility index (Phi) is 4.26. The van der Waals surface area contributed by atoms with Crippen molar-refractivity contribution in [2.75, 3.05) is 5.32 Å². The highest BCUT2D eigenvalue weighted by molar-refractivity contribution is 9.10. The zero-order chi connectivity index (χ0) is 16.2. The van der Waals surface area contributed by atoms with Crippen molar-refractivity contribution in [3.05, 3.63) is 70.3 Å². The fraction of sp³-hybridized carbons (Fsp3) is 0. The second-order valence-electron chi connectivity index (χ2n) is 4.92. The SMILES string of the molecule is N#C/C(=C\c1c[nH]c2ccccc12)C(=O)Nc1ccc(Br)cc1. The number of amides is 1. The van der Waals surface area contributed by atoms with E-state index in [2.05, 4.69) is 26.2 Å². The number of rotatable bonds is 3. The summed E-state index contributed by atoms with van der Waals surface area (Å²) in [6, 6.07) is 16.9. The first-order valence-electron chi connectivity index (χ1n) is 6.92. The number of nitriles is 1. The Morgan fingerprint density at radius 1 is 1.17 bits per heavy atom. The van der Waals surface area contributed by atoms with Crippen LogP contribution in [0.25, 0.3) is 17.0 Å². The van der Waals surface area contributed by atoms with E-state index in [9.17, 15) is 10.1 Å². The van der Waals surface area contributed by atoms with Gasteiger partial charge in [-0.1, -0.05) is 34.1 Å². The fourth-order valence-corrected chi connectivity index (χ4v) is 2.51. The number of nitrogens with zero attached hydrogens (tertiary/aromatic N) is 1. The molecule has 0 saturated carbocycles. The number of anilines is 1. The molecule has 112 valence electrons. The van der Waals surface area contributed by atoms with Gasteiger partial charge in [-0.3, -0.25) is 4.79 Å². The third-order valence-electron chi connectivity index (χ3n) is 3.39. The van der Waals surface area contributed by atoms with Gasteiger partial charge < -0.3 is 10.3 Å². The number of H-pyrrole nitrogens is 1. The summed E-state index contributed by atoms with van der Waals surface area (Å²) in [5.74, 6) is -0.430. The smallest absolute Gasteiger partial charge is 0.266 e. The summed E-state index contributed by atoms with van der Waals surface area (Å²) in [6.07, 6.45) is 3.38. The molecule has 1 aromatic heterocycles. The second-order valence-corrected chi connectivity index (χ2v) is 5.84. The molecule has 1 heterocycles. The van der Waals surface area contributed by atoms with E-state index >= 15 is 0 Å². The molecule has 2 aromatic carbocycles. The first kappa shape index (κ1) is 15.1. The van der Waals surface area contributed by atoms with E-state index in [-0.39, 0.29) is 5.57 Å². The highest BCUT2D eigenvalue weighted by Crippen LogP contribution is 2.21. The molecule has 23 heavy (non-hydrogen) atoms. The van der Waals surface area contributed by atoms with Crippen LogP contribution < -0.4 is 5.32 Å². The average Bonchev–Trinajstić information content (AvgIpc) is 2.97. The van der Waals surface area contributed by atoms with E-state index < -0.39 is 5.91 Å². The van der Waals surface area contributed by atoms with Crippen molar-refractivity contribution >= 4 is 44.5 Å². The van der Waals surface area contributed by atoms with Crippen LogP contribution >= 0.6 is 15.9 Å². The van der Waals surface area contributed by atoms with Gasteiger partial charge in [-0.2, -0.15) is 5.26 Å². The van der Waals surface area contributed by atoms with Gasteiger partial charge in [-0.15, -0.1) is 0 Å². The van der Waals surface area contributed by atoms with Crippen LogP contribution in [-0.2, 0) is 4.79 Å². The number of carbonyl (C=O) groups is 1. The second kappa shape index (κ2) is 6.51. The number of carbonyl (C=O) groups excluding carboxylic acids is 1. The zero-order valence-corrected chi connectivity index (χ0v) is 13.6. The Labute approximate surface area is 141 Å². The zero-order valence-electron chi connectivity index (χ0n) is 12.0. The van der Waals surface area contributed by atoms with Crippen LogP contribution in [0.4, 0.5) is 5.69 Å². The van der Waals surface area contributed by atoms with Gasteiger partial charge in [0.05, 0.1) is 0 Å². The lowest BCUT2D eigenvalue weighted by Gasteiger charge is -2.04. The molecule has 0 saturated heterocycles. The molecule has 0 fully saturated rings. The minimum absolute atomic E-state index is 0.0534. The Bertz CT molecular complexity index is 933. The number of benzene rings is 2. The molecule has 0 aliphatic rings. The van der Waals surface area contributed by atoms with Gasteiger partial charge in [-0.05, 0) is 36.4 Å². The van der Waals surface area contributed by atoms with Crippen molar-refractivity contribution in [1.29, 1.82) is 5.26 Å². The van der Waals surface area contributed by atoms with Gasteiger partial charge >= 0.3 is 0 Å². The molecule has 0 spiro atoms. The Morgan fingerprint density at radius 2 is 1.91 bits per heavy atom. The van der Waals surface area contributed by atoms with Crippen molar-refractivity contribution in [3.8, 4) is 6.07 Å². The molecule has 0 radical (unpaired) electrons. The van der Waals surface area contributed by atoms with E-state index in [4.69, 9.17) is 0 Å². The first-order chi connectivity index (χ1) is 11.2. The van der Waals surface area contributed by atoms with Crippen LogP contribution in [0.3, 0.4) is 0 Å². The van der Waals surface area contributed by atoms with E-state index in [0.717, 1.165) is 20.9 Å². The summed E-state index contributed by atoms with van der Waals surface area (Å²) in [4.78, 5) is 15.4. The maximum absolute atomic E-state index is 12.3. The third-order valence-corrected chi connectivity index (χ3v) is 3.92. The molecule has 0 atom stereocenters. The van der Waals surface area contributed by atoms with Crippen LogP contribution in [-0.4, -0.2) is 10.9 Å². The molecule has 5 heteroatoms. The number of aromatic amines is 1. The molecular weight excluding hydrogens is 354 g/mol. The number of aromatic nitrogens is 1.